The Morgan fingerprint density at radius 1 is 1.86 bits per heavy atom. The topological polar surface area (TPSA) is 28.7 Å². The standard InChI is InChI=1S/C3H3ClN2S/c4-2-1-3(7)6-5-2/h1H,(H2,5,6,7). The van der Waals surface area contributed by atoms with Crippen molar-refractivity contribution >= 4 is 24.2 Å². The molecule has 1 heterocycles. The average Bonchev–Trinajstić information content (AvgIpc) is 1.87. The molecule has 0 spiro atoms. The van der Waals surface area contributed by atoms with Crippen LogP contribution >= 0.6 is 24.2 Å². The van der Waals surface area contributed by atoms with Gasteiger partial charge in [0.25, 0.3) is 0 Å². The molecule has 0 atom stereocenters. The van der Waals surface area contributed by atoms with Gasteiger partial charge in [-0.1, -0.05) is 11.6 Å². The van der Waals surface area contributed by atoms with Gasteiger partial charge >= 0.3 is 0 Å². The molecule has 0 saturated heterocycles. The van der Waals surface area contributed by atoms with Crippen molar-refractivity contribution in [2.24, 2.45) is 0 Å². The van der Waals surface area contributed by atoms with E-state index in [9.17, 15) is 0 Å². The summed E-state index contributed by atoms with van der Waals surface area (Å²) in [4.78, 5) is 0. The minimum atomic E-state index is 0.519. The maximum atomic E-state index is 5.39. The molecule has 0 fully saturated rings. The first-order chi connectivity index (χ1) is 3.29. The normalized spacial score (nSPS) is 9.43. The van der Waals surface area contributed by atoms with Crippen LogP contribution in [-0.4, -0.2) is 10.2 Å². The molecule has 4 heteroatoms. The van der Waals surface area contributed by atoms with Crippen LogP contribution in [0.15, 0.2) is 11.1 Å². The van der Waals surface area contributed by atoms with Gasteiger partial charge in [-0.25, -0.2) is 0 Å². The first-order valence-corrected chi connectivity index (χ1v) is 2.51. The van der Waals surface area contributed by atoms with Gasteiger partial charge in [0.05, 0.1) is 0 Å². The molecule has 0 aliphatic carbocycles. The van der Waals surface area contributed by atoms with Crippen LogP contribution in [0.3, 0.4) is 0 Å². The summed E-state index contributed by atoms with van der Waals surface area (Å²) in [6, 6.07) is 1.63. The Kier molecular flexibility index (Phi) is 1.25. The molecule has 0 amide bonds. The quantitative estimate of drug-likeness (QED) is 0.516. The minimum Gasteiger partial charge on any atom is -0.266 e. The number of H-pyrrole nitrogens is 1. The fourth-order valence-electron chi connectivity index (χ4n) is 0.289. The lowest BCUT2D eigenvalue weighted by Crippen LogP contribution is -1.62. The van der Waals surface area contributed by atoms with E-state index < -0.39 is 0 Å². The Labute approximate surface area is 51.3 Å². The highest BCUT2D eigenvalue weighted by Crippen LogP contribution is 2.07. The monoisotopic (exact) mass is 134 g/mol. The second kappa shape index (κ2) is 1.76. The third-order valence-corrected chi connectivity index (χ3v) is 0.956. The Morgan fingerprint density at radius 3 is 2.71 bits per heavy atom. The van der Waals surface area contributed by atoms with Crippen LogP contribution in [-0.2, 0) is 0 Å². The highest BCUT2D eigenvalue weighted by Gasteiger charge is 1.87. The van der Waals surface area contributed by atoms with E-state index >= 15 is 0 Å². The van der Waals surface area contributed by atoms with Crippen LogP contribution < -0.4 is 0 Å². The molecule has 0 aromatic carbocycles. The summed E-state index contributed by atoms with van der Waals surface area (Å²) in [7, 11) is 0. The number of rotatable bonds is 0. The van der Waals surface area contributed by atoms with Crippen molar-refractivity contribution in [3.05, 3.63) is 11.2 Å². The first kappa shape index (κ1) is 5.00. The average molecular weight is 135 g/mol. The first-order valence-electron chi connectivity index (χ1n) is 1.69. The van der Waals surface area contributed by atoms with E-state index in [4.69, 9.17) is 11.6 Å². The zero-order chi connectivity index (χ0) is 5.28. The number of nitrogens with one attached hydrogen (secondary N) is 1. The molecule has 0 aliphatic heterocycles. The summed E-state index contributed by atoms with van der Waals surface area (Å²) in [6.07, 6.45) is 0. The number of halogens is 1. The molecule has 2 nitrogen and oxygen atoms in total. The molecule has 0 radical (unpaired) electrons. The number of hydrogen-bond donors (Lipinski definition) is 2. The van der Waals surface area contributed by atoms with Crippen LogP contribution in [0, 0.1) is 0 Å². The fraction of sp³-hybridized carbons (Fsp3) is 0. The van der Waals surface area contributed by atoms with E-state index in [0.29, 0.717) is 10.2 Å². The number of hydrogen-bond acceptors (Lipinski definition) is 2. The van der Waals surface area contributed by atoms with Gasteiger partial charge in [0.2, 0.25) is 0 Å². The van der Waals surface area contributed by atoms with Gasteiger partial charge in [-0.3, -0.25) is 5.10 Å². The van der Waals surface area contributed by atoms with Crippen molar-refractivity contribution in [2.45, 2.75) is 5.03 Å². The highest BCUT2D eigenvalue weighted by atomic mass is 35.5. The maximum Gasteiger partial charge on any atom is 0.125 e. The van der Waals surface area contributed by atoms with Crippen LogP contribution in [0.1, 0.15) is 0 Å². The molecule has 1 aromatic rings. The maximum absolute atomic E-state index is 5.39. The van der Waals surface area contributed by atoms with E-state index in [0.717, 1.165) is 0 Å². The lowest BCUT2D eigenvalue weighted by atomic mass is 10.7. The Bertz CT molecular complexity index is 145. The second-order valence-electron chi connectivity index (χ2n) is 1.07. The Morgan fingerprint density at radius 2 is 2.57 bits per heavy atom. The molecular weight excluding hydrogens is 132 g/mol. The predicted molar refractivity (Wildman–Crippen MR) is 30.8 cm³/mol. The SMILES string of the molecule is Sc1cc(Cl)[nH]n1. The number of nitrogens with zero attached hydrogens (tertiary/aromatic N) is 1. The van der Waals surface area contributed by atoms with Gasteiger partial charge in [0, 0.05) is 6.07 Å². The number of aromatic amines is 1. The van der Waals surface area contributed by atoms with Crippen molar-refractivity contribution in [1.82, 2.24) is 10.2 Å². The molecule has 0 unspecified atom stereocenters. The molecule has 1 rings (SSSR count). The number of aromatic nitrogens is 2. The molecule has 7 heavy (non-hydrogen) atoms. The van der Waals surface area contributed by atoms with Gasteiger partial charge < -0.3 is 0 Å². The smallest absolute Gasteiger partial charge is 0.125 e. The van der Waals surface area contributed by atoms with Gasteiger partial charge in [-0.05, 0) is 0 Å². The van der Waals surface area contributed by atoms with E-state index in [-0.39, 0.29) is 0 Å². The van der Waals surface area contributed by atoms with Crippen molar-refractivity contribution in [2.75, 3.05) is 0 Å². The van der Waals surface area contributed by atoms with Crippen molar-refractivity contribution in [1.29, 1.82) is 0 Å². The van der Waals surface area contributed by atoms with E-state index in [1.54, 1.807) is 6.07 Å². The van der Waals surface area contributed by atoms with Gasteiger partial charge in [-0.15, -0.1) is 12.6 Å². The zero-order valence-corrected chi connectivity index (χ0v) is 5.00. The molecule has 38 valence electrons. The third kappa shape index (κ3) is 1.11. The van der Waals surface area contributed by atoms with Gasteiger partial charge in [0.1, 0.15) is 10.2 Å². The summed E-state index contributed by atoms with van der Waals surface area (Å²) in [6.45, 7) is 0. The molecule has 0 bridgehead atoms. The summed E-state index contributed by atoms with van der Waals surface area (Å²) < 4.78 is 0. The van der Waals surface area contributed by atoms with E-state index in [1.807, 2.05) is 0 Å². The second-order valence-corrected chi connectivity index (χ2v) is 1.94. The Hall–Kier alpha value is -0.150. The fourth-order valence-corrected chi connectivity index (χ4v) is 0.689. The predicted octanol–water partition coefficient (Wildman–Crippen LogP) is 1.35. The summed E-state index contributed by atoms with van der Waals surface area (Å²) in [5, 5.41) is 7.27. The van der Waals surface area contributed by atoms with Crippen LogP contribution in [0.4, 0.5) is 0 Å². The molecule has 0 aliphatic rings. The summed E-state index contributed by atoms with van der Waals surface area (Å²) >= 11 is 9.27. The lowest BCUT2D eigenvalue weighted by Gasteiger charge is -1.64. The zero-order valence-electron chi connectivity index (χ0n) is 3.35. The van der Waals surface area contributed by atoms with Crippen LogP contribution in [0.25, 0.3) is 0 Å². The van der Waals surface area contributed by atoms with Crippen molar-refractivity contribution < 1.29 is 0 Å². The van der Waals surface area contributed by atoms with Crippen LogP contribution in [0.5, 0.6) is 0 Å². The largest absolute Gasteiger partial charge is 0.266 e. The van der Waals surface area contributed by atoms with E-state index in [1.165, 1.54) is 0 Å². The summed E-state index contributed by atoms with van der Waals surface area (Å²) in [5.41, 5.74) is 0. The van der Waals surface area contributed by atoms with Crippen LogP contribution in [0.2, 0.25) is 5.15 Å². The highest BCUT2D eigenvalue weighted by molar-refractivity contribution is 7.80. The molecule has 1 N–H and O–H groups in total. The van der Waals surface area contributed by atoms with Crippen molar-refractivity contribution in [3.8, 4) is 0 Å². The third-order valence-electron chi connectivity index (χ3n) is 0.533. The van der Waals surface area contributed by atoms with E-state index in [2.05, 4.69) is 22.8 Å². The minimum absolute atomic E-state index is 0.519. The lowest BCUT2D eigenvalue weighted by molar-refractivity contribution is 1.01. The summed E-state index contributed by atoms with van der Waals surface area (Å²) in [5.74, 6) is 0. The van der Waals surface area contributed by atoms with Gasteiger partial charge in [-0.2, -0.15) is 5.10 Å². The number of thiol groups is 1. The molecule has 0 saturated carbocycles. The molecular formula is C3H3ClN2S. The van der Waals surface area contributed by atoms with Gasteiger partial charge in [0.15, 0.2) is 0 Å². The van der Waals surface area contributed by atoms with Crippen molar-refractivity contribution in [3.63, 3.8) is 0 Å². The Balaban J connectivity index is 3.04. The molecule has 1 aromatic heterocycles.